The Morgan fingerprint density at radius 1 is 1.31 bits per heavy atom. The summed E-state index contributed by atoms with van der Waals surface area (Å²) in [5.74, 6) is 3.57. The Morgan fingerprint density at radius 2 is 1.94 bits per heavy atom. The molecule has 3 heteroatoms. The topological polar surface area (TPSA) is 29.1 Å². The summed E-state index contributed by atoms with van der Waals surface area (Å²) in [5.41, 5.74) is 0.120. The second kappa shape index (κ2) is 3.63. The minimum atomic E-state index is 0.0243. The first-order chi connectivity index (χ1) is 7.62. The van der Waals surface area contributed by atoms with E-state index in [9.17, 15) is 4.79 Å². The van der Waals surface area contributed by atoms with E-state index in [0.717, 1.165) is 23.7 Å². The van der Waals surface area contributed by atoms with Crippen LogP contribution >= 0.6 is 11.6 Å². The van der Waals surface area contributed by atoms with Crippen LogP contribution in [-0.4, -0.2) is 17.3 Å². The molecular formula is C13H20ClNO. The zero-order valence-corrected chi connectivity index (χ0v) is 10.6. The summed E-state index contributed by atoms with van der Waals surface area (Å²) < 4.78 is 0. The molecule has 4 rings (SSSR count). The first-order valence-corrected chi connectivity index (χ1v) is 7.02. The van der Waals surface area contributed by atoms with Gasteiger partial charge in [-0.3, -0.25) is 4.79 Å². The first-order valence-electron chi connectivity index (χ1n) is 6.49. The van der Waals surface area contributed by atoms with E-state index in [2.05, 4.69) is 12.2 Å². The average Bonchev–Trinajstić information content (AvgIpc) is 2.24. The molecule has 0 aliphatic heterocycles. The van der Waals surface area contributed by atoms with E-state index in [1.807, 2.05) is 0 Å². The van der Waals surface area contributed by atoms with Crippen LogP contribution in [0.3, 0.4) is 0 Å². The van der Waals surface area contributed by atoms with E-state index < -0.39 is 0 Å². The maximum Gasteiger partial charge on any atom is 0.235 e. The lowest BCUT2D eigenvalue weighted by Crippen LogP contribution is -2.62. The molecule has 16 heavy (non-hydrogen) atoms. The van der Waals surface area contributed by atoms with Crippen molar-refractivity contribution in [1.82, 2.24) is 5.32 Å². The highest BCUT2D eigenvalue weighted by atomic mass is 35.5. The fourth-order valence-electron chi connectivity index (χ4n) is 4.76. The van der Waals surface area contributed by atoms with E-state index in [4.69, 9.17) is 11.6 Å². The summed E-state index contributed by atoms with van der Waals surface area (Å²) in [5, 5.41) is 3.22. The Balaban J connectivity index is 1.80. The number of hydrogen-bond donors (Lipinski definition) is 1. The van der Waals surface area contributed by atoms with Gasteiger partial charge < -0.3 is 5.32 Å². The average molecular weight is 242 g/mol. The molecule has 0 aromatic carbocycles. The molecule has 4 bridgehead atoms. The normalized spacial score (nSPS) is 49.4. The Labute approximate surface area is 102 Å². The van der Waals surface area contributed by atoms with E-state index in [0.29, 0.717) is 0 Å². The van der Waals surface area contributed by atoms with E-state index in [1.165, 1.54) is 32.1 Å². The molecule has 0 aromatic rings. The molecule has 2 nitrogen and oxygen atoms in total. The molecule has 2 atom stereocenters. The van der Waals surface area contributed by atoms with Crippen LogP contribution in [0.2, 0.25) is 0 Å². The highest BCUT2D eigenvalue weighted by Crippen LogP contribution is 2.58. The molecule has 4 aliphatic rings. The molecule has 4 fully saturated rings. The largest absolute Gasteiger partial charge is 0.350 e. The van der Waals surface area contributed by atoms with Crippen LogP contribution in [0.1, 0.15) is 39.0 Å². The van der Waals surface area contributed by atoms with Gasteiger partial charge in [-0.2, -0.15) is 0 Å². The lowest BCUT2D eigenvalue weighted by Gasteiger charge is -2.59. The summed E-state index contributed by atoms with van der Waals surface area (Å²) in [6.45, 7) is 2.41. The van der Waals surface area contributed by atoms with Gasteiger partial charge in [0.1, 0.15) is 5.88 Å². The van der Waals surface area contributed by atoms with Gasteiger partial charge in [0.15, 0.2) is 0 Å². The van der Waals surface area contributed by atoms with E-state index in [1.54, 1.807) is 0 Å². The zero-order chi connectivity index (χ0) is 11.3. The Kier molecular flexibility index (Phi) is 2.47. The zero-order valence-electron chi connectivity index (χ0n) is 9.84. The van der Waals surface area contributed by atoms with E-state index in [-0.39, 0.29) is 17.3 Å². The number of carbonyl (C=O) groups excluding carboxylic acids is 1. The second-order valence-corrected chi connectivity index (χ2v) is 6.56. The van der Waals surface area contributed by atoms with Gasteiger partial charge in [-0.25, -0.2) is 0 Å². The van der Waals surface area contributed by atoms with Gasteiger partial charge in [0.25, 0.3) is 0 Å². The minimum absolute atomic E-state index is 0.0243. The van der Waals surface area contributed by atoms with Crippen LogP contribution in [0.15, 0.2) is 0 Å². The van der Waals surface area contributed by atoms with Crippen LogP contribution in [0.5, 0.6) is 0 Å². The third-order valence-electron chi connectivity index (χ3n) is 5.27. The van der Waals surface area contributed by atoms with Crippen LogP contribution in [0, 0.1) is 23.7 Å². The van der Waals surface area contributed by atoms with Crippen LogP contribution in [-0.2, 0) is 4.79 Å². The fraction of sp³-hybridized carbons (Fsp3) is 0.923. The lowest BCUT2D eigenvalue weighted by molar-refractivity contribution is -0.126. The Bertz CT molecular complexity index is 301. The molecular weight excluding hydrogens is 222 g/mol. The van der Waals surface area contributed by atoms with E-state index >= 15 is 0 Å². The van der Waals surface area contributed by atoms with Crippen molar-refractivity contribution in [1.29, 1.82) is 0 Å². The van der Waals surface area contributed by atoms with Crippen LogP contribution in [0.4, 0.5) is 0 Å². The molecule has 0 heterocycles. The first kappa shape index (κ1) is 10.9. The molecule has 1 amide bonds. The van der Waals surface area contributed by atoms with Gasteiger partial charge in [0.05, 0.1) is 0 Å². The van der Waals surface area contributed by atoms with Crippen LogP contribution in [0.25, 0.3) is 0 Å². The third-order valence-corrected chi connectivity index (χ3v) is 5.51. The summed E-state index contributed by atoms with van der Waals surface area (Å²) in [4.78, 5) is 11.5. The standard InChI is InChI=1S/C13H20ClNO/c1-8-10-2-9-3-11(8)6-13(4-9,5-10)15-12(16)7-14/h8-11H,2-7H2,1H3,(H,15,16). The number of rotatable bonds is 2. The van der Waals surface area contributed by atoms with Crippen molar-refractivity contribution in [2.24, 2.45) is 23.7 Å². The quantitative estimate of drug-likeness (QED) is 0.740. The smallest absolute Gasteiger partial charge is 0.235 e. The summed E-state index contributed by atoms with van der Waals surface area (Å²) >= 11 is 5.61. The van der Waals surface area contributed by atoms with Crippen LogP contribution < -0.4 is 5.32 Å². The molecule has 0 radical (unpaired) electrons. The summed E-state index contributed by atoms with van der Waals surface area (Å²) in [6.07, 6.45) is 6.40. The molecule has 0 spiro atoms. The highest BCUT2D eigenvalue weighted by Gasteiger charge is 2.54. The van der Waals surface area contributed by atoms with Crippen molar-refractivity contribution in [3.63, 3.8) is 0 Å². The Hall–Kier alpha value is -0.240. The second-order valence-electron chi connectivity index (χ2n) is 6.29. The molecule has 90 valence electrons. The predicted molar refractivity (Wildman–Crippen MR) is 64.3 cm³/mol. The monoisotopic (exact) mass is 241 g/mol. The van der Waals surface area contributed by atoms with Gasteiger partial charge in [-0.1, -0.05) is 6.92 Å². The number of nitrogens with one attached hydrogen (secondary N) is 1. The van der Waals surface area contributed by atoms with Gasteiger partial charge in [-0.05, 0) is 55.8 Å². The van der Waals surface area contributed by atoms with Crippen molar-refractivity contribution in [2.75, 3.05) is 5.88 Å². The van der Waals surface area contributed by atoms with Crippen molar-refractivity contribution >= 4 is 17.5 Å². The maximum atomic E-state index is 11.5. The summed E-state index contributed by atoms with van der Waals surface area (Å²) in [7, 11) is 0. The minimum Gasteiger partial charge on any atom is -0.350 e. The summed E-state index contributed by atoms with van der Waals surface area (Å²) in [6, 6.07) is 0. The third kappa shape index (κ3) is 1.57. The number of hydrogen-bond acceptors (Lipinski definition) is 1. The molecule has 4 saturated carbocycles. The molecule has 0 saturated heterocycles. The van der Waals surface area contributed by atoms with Gasteiger partial charge >= 0.3 is 0 Å². The highest BCUT2D eigenvalue weighted by molar-refractivity contribution is 6.27. The van der Waals surface area contributed by atoms with Crippen molar-refractivity contribution in [3.05, 3.63) is 0 Å². The van der Waals surface area contributed by atoms with Gasteiger partial charge in [0.2, 0.25) is 5.91 Å². The Morgan fingerprint density at radius 3 is 2.50 bits per heavy atom. The SMILES string of the molecule is CC1C2CC3CC1CC(NC(=O)CCl)(C3)C2. The van der Waals surface area contributed by atoms with Crippen molar-refractivity contribution < 1.29 is 4.79 Å². The fourth-order valence-corrected chi connectivity index (χ4v) is 4.83. The van der Waals surface area contributed by atoms with Crippen molar-refractivity contribution in [2.45, 2.75) is 44.6 Å². The van der Waals surface area contributed by atoms with Gasteiger partial charge in [0, 0.05) is 5.54 Å². The van der Waals surface area contributed by atoms with Gasteiger partial charge in [-0.15, -0.1) is 11.6 Å². The maximum absolute atomic E-state index is 11.5. The number of halogens is 1. The molecule has 2 unspecified atom stereocenters. The lowest BCUT2D eigenvalue weighted by atomic mass is 9.49. The number of amides is 1. The number of carbonyl (C=O) groups is 1. The molecule has 1 N–H and O–H groups in total. The predicted octanol–water partition coefficient (Wildman–Crippen LogP) is 2.56. The molecule has 0 aromatic heterocycles. The number of alkyl halides is 1. The molecule has 4 aliphatic carbocycles. The van der Waals surface area contributed by atoms with Crippen molar-refractivity contribution in [3.8, 4) is 0 Å².